The number of ketones is 3. The lowest BCUT2D eigenvalue weighted by Crippen LogP contribution is -2.56. The van der Waals surface area contributed by atoms with Crippen LogP contribution in [0.4, 0.5) is 4.79 Å². The molecule has 7 bridgehead atoms. The number of nitrogens with one attached hydrogen (secondary N) is 1. The molecule has 2 saturated heterocycles. The van der Waals surface area contributed by atoms with Crippen LogP contribution in [0, 0.1) is 30.6 Å². The molecule has 1 amide bonds. The summed E-state index contributed by atoms with van der Waals surface area (Å²) in [7, 11) is 1.51. The van der Waals surface area contributed by atoms with Gasteiger partial charge in [-0.25, -0.2) is 4.57 Å². The number of fused-ring (bicyclic) bond motifs is 10. The topological polar surface area (TPSA) is 194 Å². The molecule has 0 saturated carbocycles. The van der Waals surface area contributed by atoms with E-state index in [1.165, 1.54) is 31.8 Å². The summed E-state index contributed by atoms with van der Waals surface area (Å²) in [5, 5.41) is 14.4. The second-order valence-electron chi connectivity index (χ2n) is 19.4. The molecule has 9 atom stereocenters. The first kappa shape index (κ1) is 50.0. The van der Waals surface area contributed by atoms with Crippen LogP contribution in [0.5, 0.6) is 11.5 Å². The molecule has 6 heterocycles. The zero-order valence-corrected chi connectivity index (χ0v) is 41.3. The Morgan fingerprint density at radius 2 is 1.60 bits per heavy atom. The number of ether oxygens (including phenoxy) is 7. The number of nitrogens with zero attached hydrogens (tertiary/aromatic N) is 3. The van der Waals surface area contributed by atoms with Crippen molar-refractivity contribution in [1.29, 1.82) is 0 Å². The first-order valence-electron chi connectivity index (χ1n) is 23.8. The molecule has 17 nitrogen and oxygen atoms in total. The maximum absolute atomic E-state index is 14.9. The molecule has 6 aliphatic rings. The molecule has 0 spiro atoms. The number of carbonyl (C=O) groups excluding carboxylic acids is 5. The predicted octanol–water partition coefficient (Wildman–Crippen LogP) is 6.35. The highest BCUT2D eigenvalue weighted by Crippen LogP contribution is 2.49. The van der Waals surface area contributed by atoms with E-state index in [1.54, 1.807) is 48.8 Å². The van der Waals surface area contributed by atoms with Crippen molar-refractivity contribution in [2.45, 2.75) is 105 Å². The Labute approximate surface area is 407 Å². The fourth-order valence-corrected chi connectivity index (χ4v) is 10.2. The number of allylic oxidation sites excluding steroid dienone is 4. The number of morpholine rings is 1. The third-order valence-corrected chi connectivity index (χ3v) is 14.1. The second-order valence-corrected chi connectivity index (χ2v) is 19.4. The summed E-state index contributed by atoms with van der Waals surface area (Å²) in [6, 6.07) is 9.86. The number of hydrogen-bond acceptors (Lipinski definition) is 14. The number of aromatic nitrogens is 2. The SMILES string of the molecule is CO[C@H]1/C=C/O[C@@]2(C)Oc3c(C)c(O)c4c(c3C2=O)C(=O)C(N2CCOCC2)=C(NC(=O)/C(C)=C\C=C\[C@H](C)[C@@H]2OC(C)(C)O[C@@H]([C@@H](C)[C@H](OC(=O)n3cc[n+](Cc5ccccc5)c3)[C@@H]1C)[C@@H]2C)C4=O. The Bertz CT molecular complexity index is 2700. The second kappa shape index (κ2) is 19.8. The first-order valence-corrected chi connectivity index (χ1v) is 23.8. The maximum Gasteiger partial charge on any atom is 0.511 e. The van der Waals surface area contributed by atoms with E-state index in [4.69, 9.17) is 33.2 Å². The molecule has 0 unspecified atom stereocenters. The van der Waals surface area contributed by atoms with Crippen LogP contribution < -0.4 is 14.6 Å². The van der Waals surface area contributed by atoms with Crippen LogP contribution in [0.25, 0.3) is 0 Å². The molecule has 0 radical (unpaired) electrons. The predicted molar refractivity (Wildman–Crippen MR) is 253 cm³/mol. The number of carbonyl (C=O) groups is 5. The Morgan fingerprint density at radius 1 is 0.900 bits per heavy atom. The fraction of sp³-hybridized carbons (Fsp3) is 0.472. The van der Waals surface area contributed by atoms with Crippen molar-refractivity contribution in [3.63, 3.8) is 0 Å². The zero-order chi connectivity index (χ0) is 50.4. The van der Waals surface area contributed by atoms with Crippen molar-refractivity contribution in [3.8, 4) is 11.5 Å². The molecule has 2 fully saturated rings. The molecule has 372 valence electrons. The average Bonchev–Trinajstić information content (AvgIpc) is 3.91. The molecule has 1 aliphatic carbocycles. The minimum atomic E-state index is -2.08. The largest absolute Gasteiger partial charge is 0.511 e. The maximum atomic E-state index is 14.9. The van der Waals surface area contributed by atoms with Gasteiger partial charge in [-0.15, -0.1) is 4.57 Å². The van der Waals surface area contributed by atoms with Gasteiger partial charge in [-0.2, -0.15) is 4.79 Å². The van der Waals surface area contributed by atoms with Gasteiger partial charge in [0.2, 0.25) is 11.6 Å². The highest BCUT2D eigenvalue weighted by atomic mass is 16.7. The summed E-state index contributed by atoms with van der Waals surface area (Å²) in [6.45, 7) is 17.4. The van der Waals surface area contributed by atoms with Gasteiger partial charge in [0.25, 0.3) is 18.0 Å². The molecule has 3 aromatic rings. The van der Waals surface area contributed by atoms with E-state index in [-0.39, 0.29) is 77.5 Å². The number of aromatic hydroxyl groups is 1. The molecule has 2 N–H and O–H groups in total. The zero-order valence-electron chi connectivity index (χ0n) is 41.3. The van der Waals surface area contributed by atoms with E-state index < -0.39 is 88.5 Å². The van der Waals surface area contributed by atoms with Gasteiger partial charge in [0.1, 0.15) is 47.9 Å². The molecule has 1 aromatic heterocycles. The number of amides is 1. The number of hydrogen-bond donors (Lipinski definition) is 2. The summed E-state index contributed by atoms with van der Waals surface area (Å²) >= 11 is 0. The van der Waals surface area contributed by atoms with Gasteiger partial charge >= 0.3 is 11.9 Å². The van der Waals surface area contributed by atoms with Crippen LogP contribution in [0.3, 0.4) is 0 Å². The lowest BCUT2D eigenvalue weighted by molar-refractivity contribution is -0.687. The van der Waals surface area contributed by atoms with Crippen molar-refractivity contribution in [3.05, 3.63) is 124 Å². The first-order chi connectivity index (χ1) is 33.2. The fourth-order valence-electron chi connectivity index (χ4n) is 10.2. The van der Waals surface area contributed by atoms with E-state index in [9.17, 15) is 29.1 Å². The van der Waals surface area contributed by atoms with Crippen molar-refractivity contribution in [2.75, 3.05) is 33.4 Å². The molecule has 70 heavy (non-hydrogen) atoms. The van der Waals surface area contributed by atoms with Crippen molar-refractivity contribution >= 4 is 29.4 Å². The Balaban J connectivity index is 1.20. The van der Waals surface area contributed by atoms with E-state index >= 15 is 0 Å². The van der Waals surface area contributed by atoms with E-state index in [1.807, 2.05) is 82.5 Å². The van der Waals surface area contributed by atoms with Gasteiger partial charge < -0.3 is 48.5 Å². The summed E-state index contributed by atoms with van der Waals surface area (Å²) in [5.74, 6) is -8.42. The number of benzene rings is 2. The smallest absolute Gasteiger partial charge is 0.507 e. The number of methoxy groups -OCH3 is 1. The summed E-state index contributed by atoms with van der Waals surface area (Å²) in [6.07, 6.45) is 10.0. The van der Waals surface area contributed by atoms with Gasteiger partial charge in [-0.3, -0.25) is 19.2 Å². The van der Waals surface area contributed by atoms with Gasteiger partial charge in [-0.1, -0.05) is 76.3 Å². The van der Waals surface area contributed by atoms with E-state index in [0.717, 1.165) is 5.56 Å². The number of phenols is 1. The molecular weight excluding hydrogens is 901 g/mol. The van der Waals surface area contributed by atoms with Crippen LogP contribution in [0.2, 0.25) is 0 Å². The highest BCUT2D eigenvalue weighted by molar-refractivity contribution is 6.32. The van der Waals surface area contributed by atoms with Crippen molar-refractivity contribution in [1.82, 2.24) is 14.8 Å². The minimum absolute atomic E-state index is 0.0186. The molecular formula is C53H63N4O13+. The van der Waals surface area contributed by atoms with Gasteiger partial charge in [0.05, 0.1) is 54.5 Å². The number of phenolic OH excluding ortho intramolecular Hbond substituents is 1. The Kier molecular flexibility index (Phi) is 14.1. The van der Waals surface area contributed by atoms with E-state index in [0.29, 0.717) is 6.54 Å². The standard InChI is InChI=1S/C53H62N4O13/c1-29-15-14-16-30(2)50(62)54-40-41(56-22-25-65-26-23-56)44(60)37-38(43(40)59)42(58)32(4)48-39(37)49(61)53(9,70-48)66-24-19-36(64-10)31(3)46(34(6)47-33(5)45(29)68-52(7,8)69-47)67-51(63)57-21-20-55(28-57)27-35-17-12-11-13-18-35/h11-21,24,28-29,31,33-34,36,45-47H,22-23,25-27H2,1-10H3,(H-,54,58,59,60,61,62)/p+1/b15-14+,24-19+,30-16-/t29-,31+,33+,34-,36-,45-,46+,47+,53-/m0/s1. The number of Topliss-reactive ketones (excluding diaryl/α,β-unsaturated/α-hetero) is 3. The third-order valence-electron chi connectivity index (χ3n) is 14.1. The summed E-state index contributed by atoms with van der Waals surface area (Å²) < 4.78 is 47.0. The molecule has 2 aromatic carbocycles. The lowest BCUT2D eigenvalue weighted by atomic mass is 9.77. The van der Waals surface area contributed by atoms with Gasteiger partial charge in [-0.05, 0) is 39.3 Å². The molecule has 9 rings (SSSR count). The van der Waals surface area contributed by atoms with Crippen LogP contribution in [0.1, 0.15) is 97.6 Å². The Morgan fingerprint density at radius 3 is 2.30 bits per heavy atom. The monoisotopic (exact) mass is 963 g/mol. The summed E-state index contributed by atoms with van der Waals surface area (Å²) in [5.41, 5.74) is -0.209. The van der Waals surface area contributed by atoms with Crippen LogP contribution in [-0.4, -0.2) is 113 Å². The van der Waals surface area contributed by atoms with Gasteiger partial charge in [0, 0.05) is 61.9 Å². The minimum Gasteiger partial charge on any atom is -0.507 e. The van der Waals surface area contributed by atoms with Crippen LogP contribution >= 0.6 is 0 Å². The quantitative estimate of drug-likeness (QED) is 0.269. The highest BCUT2D eigenvalue weighted by Gasteiger charge is 2.54. The lowest BCUT2D eigenvalue weighted by Gasteiger charge is -2.50. The molecule has 17 heteroatoms. The normalized spacial score (nSPS) is 31.0. The van der Waals surface area contributed by atoms with Crippen LogP contribution in [0.15, 0.2) is 96.6 Å². The number of rotatable bonds is 5. The van der Waals surface area contributed by atoms with Crippen molar-refractivity contribution < 1.29 is 66.8 Å². The molecule has 5 aliphatic heterocycles. The third kappa shape index (κ3) is 9.46. The van der Waals surface area contributed by atoms with Crippen LogP contribution in [-0.2, 0) is 39.8 Å². The van der Waals surface area contributed by atoms with Gasteiger partial charge in [0.15, 0.2) is 5.79 Å². The average molecular weight is 964 g/mol. The number of imidazole rings is 1. The van der Waals surface area contributed by atoms with E-state index in [2.05, 4.69) is 5.32 Å². The Hall–Kier alpha value is -6.40. The summed E-state index contributed by atoms with van der Waals surface area (Å²) in [4.78, 5) is 74.1. The van der Waals surface area contributed by atoms with Crippen molar-refractivity contribution in [2.24, 2.45) is 23.7 Å².